The zero-order valence-corrected chi connectivity index (χ0v) is 21.0. The number of nitriles is 2. The van der Waals surface area contributed by atoms with Crippen molar-refractivity contribution in [2.45, 2.75) is 31.8 Å². The molecule has 6 nitrogen and oxygen atoms in total. The number of carboxylic acids is 1. The SMILES string of the molecule is N#CCOc1cc(/C=C/c2cccc(-c3ccccc3)c2C#N)c(CN2CCCC[C@H]2C(=O)O)cc1Cl. The summed E-state index contributed by atoms with van der Waals surface area (Å²) in [5, 5.41) is 29.0. The highest BCUT2D eigenvalue weighted by atomic mass is 35.5. The number of nitrogens with zero attached hydrogens (tertiary/aromatic N) is 3. The Labute approximate surface area is 221 Å². The minimum atomic E-state index is -0.826. The smallest absolute Gasteiger partial charge is 0.320 e. The number of hydrogen-bond acceptors (Lipinski definition) is 5. The number of benzene rings is 3. The molecule has 0 aromatic heterocycles. The molecule has 37 heavy (non-hydrogen) atoms. The summed E-state index contributed by atoms with van der Waals surface area (Å²) in [6.07, 6.45) is 6.18. The number of carbonyl (C=O) groups is 1. The molecule has 1 aliphatic heterocycles. The fourth-order valence-corrected chi connectivity index (χ4v) is 4.91. The highest BCUT2D eigenvalue weighted by Gasteiger charge is 2.29. The molecule has 0 unspecified atom stereocenters. The van der Waals surface area contributed by atoms with Gasteiger partial charge in [0.2, 0.25) is 0 Å². The molecule has 1 N–H and O–H groups in total. The van der Waals surface area contributed by atoms with Crippen molar-refractivity contribution in [1.29, 1.82) is 10.5 Å². The Hall–Kier alpha value is -4.10. The molecule has 1 aliphatic rings. The summed E-state index contributed by atoms with van der Waals surface area (Å²) in [5.41, 5.74) is 4.74. The molecule has 0 radical (unpaired) electrons. The molecular formula is C30H26ClN3O3. The van der Waals surface area contributed by atoms with Gasteiger partial charge in [-0.2, -0.15) is 10.5 Å². The van der Waals surface area contributed by atoms with Crippen molar-refractivity contribution in [3.8, 4) is 29.0 Å². The molecule has 1 fully saturated rings. The molecule has 0 spiro atoms. The van der Waals surface area contributed by atoms with E-state index < -0.39 is 12.0 Å². The predicted octanol–water partition coefficient (Wildman–Crippen LogP) is 6.39. The third-order valence-electron chi connectivity index (χ3n) is 6.49. The van der Waals surface area contributed by atoms with Crippen LogP contribution in [0.15, 0.2) is 60.7 Å². The maximum Gasteiger partial charge on any atom is 0.320 e. The van der Waals surface area contributed by atoms with Gasteiger partial charge in [-0.15, -0.1) is 0 Å². The molecule has 1 saturated heterocycles. The Morgan fingerprint density at radius 1 is 1.08 bits per heavy atom. The Balaban J connectivity index is 1.73. The average Bonchev–Trinajstić information content (AvgIpc) is 2.92. The van der Waals surface area contributed by atoms with E-state index in [0.717, 1.165) is 40.7 Å². The molecule has 1 atom stereocenters. The number of rotatable bonds is 8. The lowest BCUT2D eigenvalue weighted by Gasteiger charge is -2.33. The lowest BCUT2D eigenvalue weighted by atomic mass is 9.95. The lowest BCUT2D eigenvalue weighted by molar-refractivity contribution is -0.144. The second-order valence-corrected chi connectivity index (χ2v) is 9.24. The van der Waals surface area contributed by atoms with Crippen molar-refractivity contribution < 1.29 is 14.6 Å². The van der Waals surface area contributed by atoms with Gasteiger partial charge in [-0.1, -0.05) is 78.7 Å². The van der Waals surface area contributed by atoms with Crippen LogP contribution >= 0.6 is 11.6 Å². The molecule has 0 aliphatic carbocycles. The first-order valence-corrected chi connectivity index (χ1v) is 12.4. The third kappa shape index (κ3) is 6.19. The van der Waals surface area contributed by atoms with Crippen LogP contribution in [0.3, 0.4) is 0 Å². The number of hydrogen-bond donors (Lipinski definition) is 1. The summed E-state index contributed by atoms with van der Waals surface area (Å²) in [6.45, 7) is 0.944. The molecule has 1 heterocycles. The molecular weight excluding hydrogens is 486 g/mol. The van der Waals surface area contributed by atoms with Crippen LogP contribution in [-0.4, -0.2) is 35.2 Å². The second-order valence-electron chi connectivity index (χ2n) is 8.83. The van der Waals surface area contributed by atoms with Crippen LogP contribution in [0.2, 0.25) is 5.02 Å². The maximum atomic E-state index is 11.8. The zero-order valence-electron chi connectivity index (χ0n) is 20.2. The number of likely N-dealkylation sites (tertiary alicyclic amines) is 1. The molecule has 0 bridgehead atoms. The van der Waals surface area contributed by atoms with Crippen LogP contribution < -0.4 is 4.74 Å². The summed E-state index contributed by atoms with van der Waals surface area (Å²) in [4.78, 5) is 13.8. The van der Waals surface area contributed by atoms with E-state index in [0.29, 0.717) is 35.8 Å². The van der Waals surface area contributed by atoms with Crippen molar-refractivity contribution in [2.24, 2.45) is 0 Å². The standard InChI is InChI=1S/C30H26ClN3O3/c31-27-17-24(20-34-15-5-4-11-28(34)30(35)36)23(18-29(27)37-16-14-32)13-12-22-9-6-10-25(26(22)19-33)21-7-2-1-3-8-21/h1-3,6-10,12-13,17-18,28H,4-5,11,15-16,20H2,(H,35,36)/b13-12+/t28-/m0/s1. The van der Waals surface area contributed by atoms with Gasteiger partial charge in [0.15, 0.2) is 6.61 Å². The van der Waals surface area contributed by atoms with Crippen molar-refractivity contribution in [1.82, 2.24) is 4.90 Å². The number of piperidine rings is 1. The van der Waals surface area contributed by atoms with Crippen molar-refractivity contribution >= 4 is 29.7 Å². The summed E-state index contributed by atoms with van der Waals surface area (Å²) < 4.78 is 5.52. The first-order valence-electron chi connectivity index (χ1n) is 12.1. The Morgan fingerprint density at radius 3 is 2.59 bits per heavy atom. The van der Waals surface area contributed by atoms with E-state index in [1.807, 2.05) is 71.7 Å². The molecule has 186 valence electrons. The first-order chi connectivity index (χ1) is 18.0. The van der Waals surface area contributed by atoms with Crippen molar-refractivity contribution in [3.63, 3.8) is 0 Å². The Bertz CT molecular complexity index is 1390. The van der Waals surface area contributed by atoms with E-state index in [9.17, 15) is 15.2 Å². The van der Waals surface area contributed by atoms with Gasteiger partial charge >= 0.3 is 5.97 Å². The van der Waals surface area contributed by atoms with Crippen LogP contribution in [0.5, 0.6) is 5.75 Å². The molecule has 3 aromatic rings. The Morgan fingerprint density at radius 2 is 1.86 bits per heavy atom. The Kier molecular flexibility index (Phi) is 8.59. The molecule has 3 aromatic carbocycles. The highest BCUT2D eigenvalue weighted by molar-refractivity contribution is 6.32. The van der Waals surface area contributed by atoms with Gasteiger partial charge in [-0.3, -0.25) is 9.69 Å². The van der Waals surface area contributed by atoms with Crippen LogP contribution in [0.25, 0.3) is 23.3 Å². The largest absolute Gasteiger partial charge is 0.480 e. The van der Waals surface area contributed by atoms with Crippen molar-refractivity contribution in [3.05, 3.63) is 87.9 Å². The van der Waals surface area contributed by atoms with Gasteiger partial charge in [0, 0.05) is 12.1 Å². The molecule has 0 saturated carbocycles. The fraction of sp³-hybridized carbons (Fsp3) is 0.233. The van der Waals surface area contributed by atoms with Crippen LogP contribution in [0.1, 0.15) is 41.5 Å². The molecule has 4 rings (SSSR count). The molecule has 0 amide bonds. The third-order valence-corrected chi connectivity index (χ3v) is 6.79. The van der Waals surface area contributed by atoms with E-state index in [2.05, 4.69) is 6.07 Å². The van der Waals surface area contributed by atoms with Crippen LogP contribution in [0.4, 0.5) is 0 Å². The van der Waals surface area contributed by atoms with Gasteiger partial charge in [-0.05, 0) is 53.8 Å². The summed E-state index contributed by atoms with van der Waals surface area (Å²) in [7, 11) is 0. The predicted molar refractivity (Wildman–Crippen MR) is 144 cm³/mol. The second kappa shape index (κ2) is 12.2. The number of halogens is 1. The monoisotopic (exact) mass is 511 g/mol. The van der Waals surface area contributed by atoms with Gasteiger partial charge in [0.05, 0.1) is 10.6 Å². The van der Waals surface area contributed by atoms with E-state index in [4.69, 9.17) is 21.6 Å². The lowest BCUT2D eigenvalue weighted by Crippen LogP contribution is -2.44. The van der Waals surface area contributed by atoms with E-state index in [1.54, 1.807) is 12.1 Å². The molecule has 7 heteroatoms. The fourth-order valence-electron chi connectivity index (χ4n) is 4.67. The zero-order chi connectivity index (χ0) is 26.2. The van der Waals surface area contributed by atoms with Crippen LogP contribution in [0, 0.1) is 22.7 Å². The average molecular weight is 512 g/mol. The van der Waals surface area contributed by atoms with Crippen molar-refractivity contribution in [2.75, 3.05) is 13.2 Å². The van der Waals surface area contributed by atoms with Gasteiger partial charge < -0.3 is 9.84 Å². The normalized spacial score (nSPS) is 15.7. The number of aliphatic carboxylic acids is 1. The quantitative estimate of drug-likeness (QED) is 0.352. The summed E-state index contributed by atoms with van der Waals surface area (Å²) in [5.74, 6) is -0.452. The number of carboxylic acid groups (broad SMARTS) is 1. The minimum absolute atomic E-state index is 0.146. The van der Waals surface area contributed by atoms with E-state index >= 15 is 0 Å². The highest BCUT2D eigenvalue weighted by Crippen LogP contribution is 2.33. The number of ether oxygens (including phenoxy) is 1. The van der Waals surface area contributed by atoms with Gasteiger partial charge in [-0.25, -0.2) is 0 Å². The van der Waals surface area contributed by atoms with E-state index in [1.165, 1.54) is 0 Å². The summed E-state index contributed by atoms with van der Waals surface area (Å²) in [6, 6.07) is 22.7. The van der Waals surface area contributed by atoms with Crippen LogP contribution in [-0.2, 0) is 11.3 Å². The maximum absolute atomic E-state index is 11.8. The van der Waals surface area contributed by atoms with E-state index in [-0.39, 0.29) is 6.61 Å². The van der Waals surface area contributed by atoms with Gasteiger partial charge in [0.1, 0.15) is 23.9 Å². The topological polar surface area (TPSA) is 97.4 Å². The summed E-state index contributed by atoms with van der Waals surface area (Å²) >= 11 is 6.47. The minimum Gasteiger partial charge on any atom is -0.480 e. The van der Waals surface area contributed by atoms with Gasteiger partial charge in [0.25, 0.3) is 0 Å². The first kappa shape index (κ1) is 26.0.